The molecule has 0 aliphatic carbocycles. The molecule has 0 saturated heterocycles. The average molecular weight is 295 g/mol. The van der Waals surface area contributed by atoms with Crippen LogP contribution in [0.1, 0.15) is 40.5 Å². The van der Waals surface area contributed by atoms with Gasteiger partial charge in [-0.15, -0.1) is 0 Å². The third kappa shape index (κ3) is 19.3. The van der Waals surface area contributed by atoms with Crippen molar-refractivity contribution < 1.29 is 49.0 Å². The van der Waals surface area contributed by atoms with Crippen molar-refractivity contribution in [1.29, 1.82) is 0 Å². The van der Waals surface area contributed by atoms with Gasteiger partial charge in [-0.3, -0.25) is 0 Å². The van der Waals surface area contributed by atoms with Crippen LogP contribution in [0.4, 0.5) is 0 Å². The number of unbranched alkanes of at least 4 members (excludes halogenated alkanes) is 1. The smallest absolute Gasteiger partial charge is 0.411 e. The zero-order chi connectivity index (χ0) is 9.98. The molecule has 0 amide bonds. The van der Waals surface area contributed by atoms with Gasteiger partial charge in [0, 0.05) is 32.6 Å². The van der Waals surface area contributed by atoms with E-state index in [0.29, 0.717) is 4.32 Å². The zero-order valence-electron chi connectivity index (χ0n) is 10.3. The molecule has 0 aromatic carbocycles. The van der Waals surface area contributed by atoms with Crippen LogP contribution in [0.5, 0.6) is 0 Å². The van der Waals surface area contributed by atoms with Gasteiger partial charge in [0.25, 0.3) is 0 Å². The molecule has 0 aromatic rings. The van der Waals surface area contributed by atoms with Crippen molar-refractivity contribution in [3.63, 3.8) is 0 Å². The Morgan fingerprint density at radius 3 is 1.36 bits per heavy atom. The first-order chi connectivity index (χ1) is 5.63. The molecule has 14 heavy (non-hydrogen) atoms. The molecule has 0 aliphatic rings. The molecule has 0 saturated carbocycles. The Morgan fingerprint density at radius 1 is 1.07 bits per heavy atom. The number of rotatable bonds is 3. The summed E-state index contributed by atoms with van der Waals surface area (Å²) in [5.41, 5.74) is 0. The summed E-state index contributed by atoms with van der Waals surface area (Å²) in [7, 11) is 0. The summed E-state index contributed by atoms with van der Waals surface area (Å²) in [5.74, 6) is 0. The molecule has 0 bridgehead atoms. The summed E-state index contributed by atoms with van der Waals surface area (Å²) in [5, 5.41) is 0. The molecule has 0 aromatic heterocycles. The molecule has 0 spiro atoms. The van der Waals surface area contributed by atoms with Gasteiger partial charge in [0.05, 0.1) is 0 Å². The molecule has 0 fully saturated rings. The van der Waals surface area contributed by atoms with Crippen LogP contribution in [0.3, 0.4) is 0 Å². The zero-order valence-corrected chi connectivity index (χ0v) is 16.9. The van der Waals surface area contributed by atoms with E-state index < -0.39 is 0 Å². The molecular weight excluding hydrogens is 275 g/mol. The van der Waals surface area contributed by atoms with E-state index >= 15 is 0 Å². The van der Waals surface area contributed by atoms with Gasteiger partial charge in [-0.1, -0.05) is 31.0 Å². The minimum Gasteiger partial charge on any atom is -0.411 e. The fourth-order valence-electron chi connectivity index (χ4n) is 0.482. The Bertz CT molecular complexity index is 109. The van der Waals surface area contributed by atoms with E-state index in [0.717, 1.165) is 13.1 Å². The van der Waals surface area contributed by atoms with Crippen molar-refractivity contribution in [2.24, 2.45) is 0 Å². The molecule has 0 radical (unpaired) electrons. The number of hydrogen-bond donors (Lipinski definition) is 0. The second-order valence-electron chi connectivity index (χ2n) is 2.44. The Balaban J connectivity index is -0.0000000733. The first-order valence-corrected chi connectivity index (χ1v) is 5.41. The Labute approximate surface area is 135 Å². The molecule has 76 valence electrons. The summed E-state index contributed by atoms with van der Waals surface area (Å²) < 4.78 is 0.579. The van der Waals surface area contributed by atoms with Crippen molar-refractivity contribution in [1.82, 2.24) is 4.90 Å². The van der Waals surface area contributed by atoms with Gasteiger partial charge in [-0.05, 0) is 13.8 Å². The van der Waals surface area contributed by atoms with Crippen molar-refractivity contribution in [3.05, 3.63) is 0 Å². The van der Waals surface area contributed by atoms with Crippen LogP contribution < -0.4 is 29.6 Å². The van der Waals surface area contributed by atoms with Crippen LogP contribution in [0.25, 0.3) is 0 Å². The second-order valence-corrected chi connectivity index (χ2v) is 3.47. The predicted octanol–water partition coefficient (Wildman–Crippen LogP) is -0.0321. The van der Waals surface area contributed by atoms with Crippen LogP contribution in [-0.4, -0.2) is 22.3 Å². The van der Waals surface area contributed by atoms with Crippen molar-refractivity contribution in [3.8, 4) is 0 Å². The number of thiocarbonyl (C=S) groups is 1. The molecule has 1 nitrogen and oxygen atoms in total. The molecule has 0 atom stereocenters. The minimum absolute atomic E-state index is 0. The SMILES string of the molecule is CCCC.CCN(CC)C(=S)[S-].[Na+].[Zn]. The van der Waals surface area contributed by atoms with Crippen molar-refractivity contribution in [2.75, 3.05) is 13.1 Å². The molecule has 5 heteroatoms. The van der Waals surface area contributed by atoms with Crippen molar-refractivity contribution >= 4 is 29.2 Å². The van der Waals surface area contributed by atoms with Crippen LogP contribution in [0.2, 0.25) is 0 Å². The van der Waals surface area contributed by atoms with Gasteiger partial charge in [0.2, 0.25) is 0 Å². The largest absolute Gasteiger partial charge is 1.00 e. The van der Waals surface area contributed by atoms with E-state index in [-0.39, 0.29) is 49.0 Å². The maximum absolute atomic E-state index is 4.76. The quantitative estimate of drug-likeness (QED) is 0.409. The second kappa shape index (κ2) is 20.2. The third-order valence-corrected chi connectivity index (χ3v) is 2.04. The molecule has 0 aliphatic heterocycles. The van der Waals surface area contributed by atoms with Crippen LogP contribution in [0, 0.1) is 0 Å². The van der Waals surface area contributed by atoms with Crippen LogP contribution in [0.15, 0.2) is 0 Å². The maximum atomic E-state index is 4.76. The molecule has 0 heterocycles. The minimum atomic E-state index is 0. The molecule has 0 N–H and O–H groups in total. The third-order valence-electron chi connectivity index (χ3n) is 1.52. The van der Waals surface area contributed by atoms with Crippen LogP contribution in [-0.2, 0) is 32.1 Å². The summed E-state index contributed by atoms with van der Waals surface area (Å²) in [6, 6.07) is 0. The fourth-order valence-corrected chi connectivity index (χ4v) is 0.998. The monoisotopic (exact) mass is 293 g/mol. The summed E-state index contributed by atoms with van der Waals surface area (Å²) in [6.07, 6.45) is 2.64. The van der Waals surface area contributed by atoms with E-state index in [4.69, 9.17) is 24.8 Å². The van der Waals surface area contributed by atoms with Gasteiger partial charge in [0.15, 0.2) is 0 Å². The first-order valence-electron chi connectivity index (χ1n) is 4.59. The topological polar surface area (TPSA) is 3.24 Å². The van der Waals surface area contributed by atoms with E-state index in [9.17, 15) is 0 Å². The Hall–Kier alpha value is 1.73. The van der Waals surface area contributed by atoms with E-state index in [1.54, 1.807) is 0 Å². The van der Waals surface area contributed by atoms with Crippen LogP contribution >= 0.6 is 12.2 Å². The Morgan fingerprint density at radius 2 is 1.36 bits per heavy atom. The fraction of sp³-hybridized carbons (Fsp3) is 0.889. The number of nitrogens with zero attached hydrogens (tertiary/aromatic N) is 1. The van der Waals surface area contributed by atoms with Gasteiger partial charge in [-0.2, -0.15) is 0 Å². The number of hydrogen-bond acceptors (Lipinski definition) is 2. The van der Waals surface area contributed by atoms with Gasteiger partial charge in [0.1, 0.15) is 0 Å². The predicted molar refractivity (Wildman–Crippen MR) is 63.5 cm³/mol. The summed E-state index contributed by atoms with van der Waals surface area (Å²) in [4.78, 5) is 1.96. The summed E-state index contributed by atoms with van der Waals surface area (Å²) in [6.45, 7) is 10.3. The molecular formula is C9H20NNaS2Zn. The van der Waals surface area contributed by atoms with Gasteiger partial charge in [-0.25, -0.2) is 0 Å². The van der Waals surface area contributed by atoms with E-state index in [1.807, 2.05) is 18.7 Å². The van der Waals surface area contributed by atoms with Crippen molar-refractivity contribution in [2.45, 2.75) is 40.5 Å². The normalized spacial score (nSPS) is 7.14. The van der Waals surface area contributed by atoms with Gasteiger partial charge >= 0.3 is 29.6 Å². The standard InChI is InChI=1S/C5H11NS2.C4H10.Na.Zn/c1-3-6(4-2)5(7)8;1-3-4-2;;/h3-4H2,1-2H3,(H,7,8);3-4H2,1-2H3;;/q;;+1;/p-1. The van der Waals surface area contributed by atoms with Gasteiger partial charge < -0.3 is 29.7 Å². The maximum Gasteiger partial charge on any atom is 1.00 e. The Kier molecular flexibility index (Phi) is 35.8. The van der Waals surface area contributed by atoms with E-state index in [2.05, 4.69) is 13.8 Å². The van der Waals surface area contributed by atoms with E-state index in [1.165, 1.54) is 12.8 Å². The first kappa shape index (κ1) is 24.8. The molecule has 0 rings (SSSR count). The average Bonchev–Trinajstić information content (AvgIpc) is 2.07. The molecule has 0 unspecified atom stereocenters. The summed E-state index contributed by atoms with van der Waals surface area (Å²) >= 11 is 9.51.